The van der Waals surface area contributed by atoms with Gasteiger partial charge in [-0.1, -0.05) is 18.2 Å². The molecule has 4 rings (SSSR count). The van der Waals surface area contributed by atoms with Gasteiger partial charge in [-0.3, -0.25) is 9.59 Å². The highest BCUT2D eigenvalue weighted by Gasteiger charge is 2.46. The summed E-state index contributed by atoms with van der Waals surface area (Å²) in [6.45, 7) is 1.78. The summed E-state index contributed by atoms with van der Waals surface area (Å²) in [4.78, 5) is 28.0. The number of amides is 1. The predicted octanol–water partition coefficient (Wildman–Crippen LogP) is 5.00. The molecule has 158 valence electrons. The van der Waals surface area contributed by atoms with Crippen molar-refractivity contribution in [2.45, 2.75) is 19.4 Å². The molecular formula is C24H19F2NO3S. The van der Waals surface area contributed by atoms with Crippen LogP contribution >= 0.6 is 11.3 Å². The molecule has 4 nitrogen and oxygen atoms in total. The summed E-state index contributed by atoms with van der Waals surface area (Å²) >= 11 is 1.37. The number of likely N-dealkylation sites (tertiary alicyclic amines) is 1. The molecular weight excluding hydrogens is 420 g/mol. The van der Waals surface area contributed by atoms with Crippen molar-refractivity contribution >= 4 is 28.8 Å². The quantitative estimate of drug-likeness (QED) is 0.346. The molecule has 1 atom stereocenters. The molecule has 1 saturated heterocycles. The van der Waals surface area contributed by atoms with Crippen molar-refractivity contribution in [3.8, 4) is 0 Å². The number of carbonyl (C=O) groups excluding carboxylic acids is 2. The van der Waals surface area contributed by atoms with Crippen LogP contribution in [0.15, 0.2) is 65.6 Å². The van der Waals surface area contributed by atoms with E-state index in [9.17, 15) is 23.5 Å². The van der Waals surface area contributed by atoms with Crippen molar-refractivity contribution in [1.29, 1.82) is 0 Å². The van der Waals surface area contributed by atoms with Crippen molar-refractivity contribution in [3.05, 3.63) is 98.8 Å². The monoisotopic (exact) mass is 439 g/mol. The van der Waals surface area contributed by atoms with E-state index >= 15 is 0 Å². The molecule has 0 bridgehead atoms. The van der Waals surface area contributed by atoms with Gasteiger partial charge >= 0.3 is 0 Å². The van der Waals surface area contributed by atoms with E-state index in [-0.39, 0.29) is 29.3 Å². The zero-order valence-electron chi connectivity index (χ0n) is 16.6. The molecule has 1 unspecified atom stereocenters. The van der Waals surface area contributed by atoms with E-state index in [1.54, 1.807) is 25.1 Å². The molecule has 31 heavy (non-hydrogen) atoms. The van der Waals surface area contributed by atoms with Crippen LogP contribution in [0.1, 0.15) is 27.6 Å². The average molecular weight is 439 g/mol. The number of benzene rings is 2. The van der Waals surface area contributed by atoms with Gasteiger partial charge in [-0.15, -0.1) is 11.3 Å². The number of aliphatic hydroxyl groups excluding tert-OH is 1. The lowest BCUT2D eigenvalue weighted by Gasteiger charge is -2.24. The van der Waals surface area contributed by atoms with Gasteiger partial charge in [0.25, 0.3) is 11.7 Å². The number of carbonyl (C=O) groups is 2. The van der Waals surface area contributed by atoms with Gasteiger partial charge in [0.05, 0.1) is 11.6 Å². The lowest BCUT2D eigenvalue weighted by molar-refractivity contribution is -0.139. The molecule has 2 heterocycles. The summed E-state index contributed by atoms with van der Waals surface area (Å²) < 4.78 is 26.9. The first-order valence-corrected chi connectivity index (χ1v) is 10.6. The minimum absolute atomic E-state index is 0.0161. The van der Waals surface area contributed by atoms with E-state index in [4.69, 9.17) is 0 Å². The maximum atomic E-state index is 13.7. The first kappa shape index (κ1) is 20.9. The maximum Gasteiger partial charge on any atom is 0.295 e. The number of thiophene rings is 1. The van der Waals surface area contributed by atoms with Crippen LogP contribution in [0.2, 0.25) is 0 Å². The van der Waals surface area contributed by atoms with Gasteiger partial charge in [0.2, 0.25) is 0 Å². The van der Waals surface area contributed by atoms with Crippen LogP contribution in [-0.4, -0.2) is 28.2 Å². The topological polar surface area (TPSA) is 57.6 Å². The summed E-state index contributed by atoms with van der Waals surface area (Å²) in [5.74, 6) is -2.59. The number of halogens is 2. The van der Waals surface area contributed by atoms with Gasteiger partial charge in [0.1, 0.15) is 17.4 Å². The molecule has 1 amide bonds. The van der Waals surface area contributed by atoms with Crippen molar-refractivity contribution in [2.24, 2.45) is 0 Å². The first-order valence-electron chi connectivity index (χ1n) is 9.69. The summed E-state index contributed by atoms with van der Waals surface area (Å²) in [5.41, 5.74) is 1.40. The number of hydrogen-bond acceptors (Lipinski definition) is 4. The summed E-state index contributed by atoms with van der Waals surface area (Å²) in [6.07, 6.45) is 0.422. The fraction of sp³-hybridized carbons (Fsp3) is 0.167. The van der Waals surface area contributed by atoms with Gasteiger partial charge < -0.3 is 10.0 Å². The minimum atomic E-state index is -0.781. The van der Waals surface area contributed by atoms with Crippen LogP contribution < -0.4 is 0 Å². The third kappa shape index (κ3) is 4.01. The van der Waals surface area contributed by atoms with Gasteiger partial charge in [0.15, 0.2) is 0 Å². The van der Waals surface area contributed by atoms with Crippen LogP contribution in [0.4, 0.5) is 8.78 Å². The normalized spacial score (nSPS) is 18.0. The van der Waals surface area contributed by atoms with Crippen LogP contribution in [0.5, 0.6) is 0 Å². The van der Waals surface area contributed by atoms with Crippen LogP contribution in [-0.2, 0) is 16.0 Å². The Morgan fingerprint density at radius 3 is 2.48 bits per heavy atom. The third-order valence-corrected chi connectivity index (χ3v) is 6.26. The highest BCUT2D eigenvalue weighted by molar-refractivity contribution is 7.10. The van der Waals surface area contributed by atoms with Crippen LogP contribution in [0.25, 0.3) is 5.76 Å². The van der Waals surface area contributed by atoms with Gasteiger partial charge in [-0.25, -0.2) is 8.78 Å². The molecule has 1 aliphatic heterocycles. The van der Waals surface area contributed by atoms with E-state index in [1.165, 1.54) is 46.6 Å². The van der Waals surface area contributed by atoms with Gasteiger partial charge in [0, 0.05) is 17.0 Å². The number of Topliss-reactive ketones (excluding diaryl/α,β-unsaturated/α-hetero) is 1. The molecule has 0 saturated carbocycles. The Hall–Kier alpha value is -3.32. The Bertz CT molecular complexity index is 1170. The Labute approximate surface area is 182 Å². The second-order valence-corrected chi connectivity index (χ2v) is 8.33. The lowest BCUT2D eigenvalue weighted by Crippen LogP contribution is -2.31. The molecule has 0 radical (unpaired) electrons. The van der Waals surface area contributed by atoms with Crippen molar-refractivity contribution in [2.75, 3.05) is 6.54 Å². The number of ketones is 1. The standard InChI is InChI=1S/C24H19F2NO3S/c1-14-13-16(6-9-18(14)26)22(28)20-21(19-3-2-12-31-19)27(24(30)23(20)29)11-10-15-4-7-17(25)8-5-15/h2-9,12-13,21,28H,10-11H2,1H3/b22-20-. The third-order valence-electron chi connectivity index (χ3n) is 5.34. The number of aliphatic hydroxyl groups is 1. The van der Waals surface area contributed by atoms with E-state index in [2.05, 4.69) is 0 Å². The first-order chi connectivity index (χ1) is 14.9. The fourth-order valence-electron chi connectivity index (χ4n) is 3.70. The van der Waals surface area contributed by atoms with E-state index in [1.807, 2.05) is 11.4 Å². The van der Waals surface area contributed by atoms with Crippen molar-refractivity contribution in [3.63, 3.8) is 0 Å². The number of rotatable bonds is 5. The molecule has 0 aliphatic carbocycles. The molecule has 3 aromatic rings. The summed E-state index contributed by atoms with van der Waals surface area (Å²) in [5, 5.41) is 12.8. The molecule has 2 aromatic carbocycles. The van der Waals surface area contributed by atoms with Gasteiger partial charge in [-0.05, 0) is 66.2 Å². The second-order valence-electron chi connectivity index (χ2n) is 7.35. The van der Waals surface area contributed by atoms with E-state index in [0.29, 0.717) is 12.0 Å². The highest BCUT2D eigenvalue weighted by atomic mass is 32.1. The highest BCUT2D eigenvalue weighted by Crippen LogP contribution is 2.41. The molecule has 1 aromatic heterocycles. The molecule has 1 fully saturated rings. The van der Waals surface area contributed by atoms with E-state index in [0.717, 1.165) is 10.4 Å². The number of aryl methyl sites for hydroxylation is 1. The summed E-state index contributed by atoms with van der Waals surface area (Å²) in [7, 11) is 0. The Balaban J connectivity index is 1.74. The molecule has 7 heteroatoms. The van der Waals surface area contributed by atoms with Crippen molar-refractivity contribution in [1.82, 2.24) is 4.90 Å². The van der Waals surface area contributed by atoms with E-state index < -0.39 is 23.5 Å². The smallest absolute Gasteiger partial charge is 0.295 e. The molecule has 1 N–H and O–H groups in total. The van der Waals surface area contributed by atoms with Crippen LogP contribution in [0.3, 0.4) is 0 Å². The maximum absolute atomic E-state index is 13.7. The zero-order chi connectivity index (χ0) is 22.1. The summed E-state index contributed by atoms with van der Waals surface area (Å²) in [6, 6.07) is 12.9. The fourth-order valence-corrected chi connectivity index (χ4v) is 4.55. The SMILES string of the molecule is Cc1cc(/C(O)=C2/C(=O)C(=O)N(CCc3ccc(F)cc3)C2c2cccs2)ccc1F. The lowest BCUT2D eigenvalue weighted by atomic mass is 9.99. The van der Waals surface area contributed by atoms with Gasteiger partial charge in [-0.2, -0.15) is 0 Å². The average Bonchev–Trinajstić information content (AvgIpc) is 3.37. The minimum Gasteiger partial charge on any atom is -0.507 e. The predicted molar refractivity (Wildman–Crippen MR) is 115 cm³/mol. The van der Waals surface area contributed by atoms with Crippen LogP contribution in [0, 0.1) is 18.6 Å². The Morgan fingerprint density at radius 2 is 1.84 bits per heavy atom. The number of nitrogens with zero attached hydrogens (tertiary/aromatic N) is 1. The number of hydrogen-bond donors (Lipinski definition) is 1. The zero-order valence-corrected chi connectivity index (χ0v) is 17.5. The molecule has 0 spiro atoms. The molecule has 1 aliphatic rings. The Kier molecular flexibility index (Phi) is 5.69. The Morgan fingerprint density at radius 1 is 1.10 bits per heavy atom. The van der Waals surface area contributed by atoms with Crippen molar-refractivity contribution < 1.29 is 23.5 Å². The second kappa shape index (κ2) is 8.43. The largest absolute Gasteiger partial charge is 0.507 e.